The normalized spacial score (nSPS) is 33.4. The number of hydrogen-bond acceptors (Lipinski definition) is 3. The third-order valence-electron chi connectivity index (χ3n) is 6.84. The lowest BCUT2D eigenvalue weighted by atomic mass is 9.46. The summed E-state index contributed by atoms with van der Waals surface area (Å²) in [6.45, 7) is 6.38. The first-order valence-corrected chi connectivity index (χ1v) is 10.8. The highest BCUT2D eigenvalue weighted by Gasteiger charge is 2.67. The number of carbonyl (C=O) groups is 2. The predicted octanol–water partition coefficient (Wildman–Crippen LogP) is 4.26. The van der Waals surface area contributed by atoms with Gasteiger partial charge in [-0.25, -0.2) is 0 Å². The number of rotatable bonds is 3. The zero-order chi connectivity index (χ0) is 20.3. The summed E-state index contributed by atoms with van der Waals surface area (Å²) < 4.78 is 0.911. The van der Waals surface area contributed by atoms with Crippen molar-refractivity contribution in [3.05, 3.63) is 40.9 Å². The monoisotopic (exact) mass is 461 g/mol. The van der Waals surface area contributed by atoms with Crippen LogP contribution in [-0.4, -0.2) is 21.9 Å². The molecule has 7 heteroatoms. The summed E-state index contributed by atoms with van der Waals surface area (Å²) in [5.41, 5.74) is 3.10. The second kappa shape index (κ2) is 6.66. The Morgan fingerprint density at radius 3 is 2.54 bits per heavy atom. The first-order chi connectivity index (χ1) is 13.2. The second-order valence-electron chi connectivity index (χ2n) is 8.65. The summed E-state index contributed by atoms with van der Waals surface area (Å²) in [5, 5.41) is 4.41. The smallest absolute Gasteiger partial charge is 0.253 e. The zero-order valence-corrected chi connectivity index (χ0v) is 18.6. The topological polar surface area (TPSA) is 61.4 Å². The summed E-state index contributed by atoms with van der Waals surface area (Å²) in [6.07, 6.45) is 6.24. The van der Waals surface area contributed by atoms with E-state index < -0.39 is 0 Å². The van der Waals surface area contributed by atoms with Crippen molar-refractivity contribution < 1.29 is 9.59 Å². The highest BCUT2D eigenvalue weighted by molar-refractivity contribution is 9.10. The molecule has 2 bridgehead atoms. The lowest BCUT2D eigenvalue weighted by molar-refractivity contribution is -0.142. The van der Waals surface area contributed by atoms with Gasteiger partial charge in [-0.3, -0.25) is 15.0 Å². The van der Waals surface area contributed by atoms with Gasteiger partial charge in [0.2, 0.25) is 0 Å². The zero-order valence-electron chi connectivity index (χ0n) is 16.2. The average molecular weight is 462 g/mol. The standard InChI is InChI=1S/C21H24BrN3O2S/c1-12(2)21-9-7-20(3,8-10-21)15-16(21)18(27)25(17(15)26)24-19(28)23-14-6-4-5-13(22)11-14/h4-7,9,11-12,15-16H,8,10H2,1-3H3,(H2,23,24,28). The van der Waals surface area contributed by atoms with Crippen molar-refractivity contribution in [2.75, 3.05) is 5.32 Å². The Morgan fingerprint density at radius 1 is 1.21 bits per heavy atom. The van der Waals surface area contributed by atoms with E-state index in [1.165, 1.54) is 0 Å². The number of carbonyl (C=O) groups excluding carboxylic acids is 2. The lowest BCUT2D eigenvalue weighted by Crippen LogP contribution is -2.53. The molecule has 2 N–H and O–H groups in total. The summed E-state index contributed by atoms with van der Waals surface area (Å²) in [5.74, 6) is -0.723. The Kier molecular flexibility index (Phi) is 4.66. The molecule has 1 aromatic carbocycles. The maximum atomic E-state index is 13.3. The predicted molar refractivity (Wildman–Crippen MR) is 116 cm³/mol. The van der Waals surface area contributed by atoms with Crippen LogP contribution in [0.15, 0.2) is 40.9 Å². The van der Waals surface area contributed by atoms with Crippen molar-refractivity contribution in [2.45, 2.75) is 33.6 Å². The molecule has 3 aliphatic carbocycles. The number of nitrogens with one attached hydrogen (secondary N) is 2. The molecule has 4 aliphatic rings. The molecule has 2 amide bonds. The number of hydrogen-bond donors (Lipinski definition) is 2. The first-order valence-electron chi connectivity index (χ1n) is 9.59. The molecule has 0 spiro atoms. The minimum Gasteiger partial charge on any atom is -0.331 e. The fraction of sp³-hybridized carbons (Fsp3) is 0.476. The number of nitrogens with zero attached hydrogens (tertiary/aromatic N) is 1. The molecule has 1 saturated carbocycles. The Bertz CT molecular complexity index is 901. The Hall–Kier alpha value is -1.73. The fourth-order valence-electron chi connectivity index (χ4n) is 5.17. The molecule has 5 nitrogen and oxygen atoms in total. The van der Waals surface area contributed by atoms with E-state index in [0.717, 1.165) is 28.0 Å². The van der Waals surface area contributed by atoms with Gasteiger partial charge in [-0.15, -0.1) is 0 Å². The number of anilines is 1. The quantitative estimate of drug-likeness (QED) is 0.399. The van der Waals surface area contributed by atoms with Crippen molar-refractivity contribution in [1.82, 2.24) is 10.4 Å². The lowest BCUT2D eigenvalue weighted by Gasteiger charge is -2.55. The van der Waals surface area contributed by atoms with Crippen LogP contribution in [0, 0.1) is 28.6 Å². The minimum absolute atomic E-state index is 0.169. The second-order valence-corrected chi connectivity index (χ2v) is 9.97. The molecule has 4 atom stereocenters. The van der Waals surface area contributed by atoms with E-state index in [1.807, 2.05) is 24.3 Å². The van der Waals surface area contributed by atoms with E-state index in [0.29, 0.717) is 0 Å². The molecule has 28 heavy (non-hydrogen) atoms. The van der Waals surface area contributed by atoms with Gasteiger partial charge in [0.25, 0.3) is 11.8 Å². The highest BCUT2D eigenvalue weighted by Crippen LogP contribution is 2.63. The van der Waals surface area contributed by atoms with Crippen LogP contribution in [0.5, 0.6) is 0 Å². The summed E-state index contributed by atoms with van der Waals surface area (Å²) in [4.78, 5) is 26.6. The van der Waals surface area contributed by atoms with Crippen molar-refractivity contribution in [3.63, 3.8) is 0 Å². The van der Waals surface area contributed by atoms with Gasteiger partial charge in [0.1, 0.15) is 0 Å². The number of halogens is 1. The number of benzene rings is 1. The SMILES string of the molecule is CC(C)C12C=CC(C)(CC1)C1C(=O)N(NC(=S)Nc3cccc(Br)c3)C(=O)C12. The highest BCUT2D eigenvalue weighted by atomic mass is 79.9. The number of amides is 2. The van der Waals surface area contributed by atoms with Gasteiger partial charge in [0.15, 0.2) is 5.11 Å². The number of allylic oxidation sites excluding steroid dienone is 2. The molecule has 148 valence electrons. The van der Waals surface area contributed by atoms with Crippen molar-refractivity contribution >= 4 is 50.8 Å². The molecular weight excluding hydrogens is 438 g/mol. The van der Waals surface area contributed by atoms with Crippen LogP contribution in [0.1, 0.15) is 33.6 Å². The van der Waals surface area contributed by atoms with Gasteiger partial charge in [-0.2, -0.15) is 5.01 Å². The summed E-state index contributed by atoms with van der Waals surface area (Å²) in [7, 11) is 0. The molecule has 5 rings (SSSR count). The fourth-order valence-corrected chi connectivity index (χ4v) is 5.78. The third-order valence-corrected chi connectivity index (χ3v) is 7.52. The van der Waals surface area contributed by atoms with Crippen LogP contribution in [-0.2, 0) is 9.59 Å². The van der Waals surface area contributed by atoms with Crippen LogP contribution in [0.3, 0.4) is 0 Å². The Labute approximate surface area is 179 Å². The van der Waals surface area contributed by atoms with Gasteiger partial charge in [-0.05, 0) is 54.6 Å². The van der Waals surface area contributed by atoms with Crippen molar-refractivity contribution in [3.8, 4) is 0 Å². The molecule has 1 heterocycles. The van der Waals surface area contributed by atoms with E-state index >= 15 is 0 Å². The molecule has 0 aromatic heterocycles. The van der Waals surface area contributed by atoms with Gasteiger partial charge >= 0.3 is 0 Å². The number of thiocarbonyl (C=S) groups is 1. The summed E-state index contributed by atoms with van der Waals surface area (Å²) in [6, 6.07) is 7.53. The van der Waals surface area contributed by atoms with Crippen LogP contribution < -0.4 is 10.7 Å². The molecule has 0 radical (unpaired) electrons. The molecular formula is C21H24BrN3O2S. The van der Waals surface area contributed by atoms with Gasteiger partial charge in [-0.1, -0.05) is 54.9 Å². The summed E-state index contributed by atoms with van der Waals surface area (Å²) >= 11 is 8.79. The van der Waals surface area contributed by atoms with E-state index in [2.05, 4.69) is 59.6 Å². The van der Waals surface area contributed by atoms with Gasteiger partial charge in [0, 0.05) is 15.6 Å². The first kappa shape index (κ1) is 19.6. The van der Waals surface area contributed by atoms with Crippen molar-refractivity contribution in [1.29, 1.82) is 0 Å². The van der Waals surface area contributed by atoms with Crippen molar-refractivity contribution in [2.24, 2.45) is 28.6 Å². The maximum absolute atomic E-state index is 13.3. The van der Waals surface area contributed by atoms with Crippen LogP contribution in [0.25, 0.3) is 0 Å². The third kappa shape index (κ3) is 2.82. The molecule has 1 aliphatic heterocycles. The van der Waals surface area contributed by atoms with Gasteiger partial charge < -0.3 is 5.32 Å². The van der Waals surface area contributed by atoms with E-state index in [-0.39, 0.29) is 45.5 Å². The number of fused-ring (bicyclic) bond motifs is 1. The van der Waals surface area contributed by atoms with Gasteiger partial charge in [0.05, 0.1) is 11.8 Å². The van der Waals surface area contributed by atoms with Crippen LogP contribution in [0.4, 0.5) is 5.69 Å². The van der Waals surface area contributed by atoms with E-state index in [4.69, 9.17) is 12.2 Å². The molecule has 1 saturated heterocycles. The molecule has 2 fully saturated rings. The molecule has 4 unspecified atom stereocenters. The van der Waals surface area contributed by atoms with Crippen LogP contribution >= 0.6 is 28.1 Å². The Morgan fingerprint density at radius 2 is 1.93 bits per heavy atom. The number of hydrazine groups is 1. The minimum atomic E-state index is -0.331. The Balaban J connectivity index is 1.59. The molecule has 1 aromatic rings. The number of imide groups is 1. The van der Waals surface area contributed by atoms with E-state index in [9.17, 15) is 9.59 Å². The van der Waals surface area contributed by atoms with Crippen LogP contribution in [0.2, 0.25) is 0 Å². The average Bonchev–Trinajstić information content (AvgIpc) is 2.89. The largest absolute Gasteiger partial charge is 0.331 e. The maximum Gasteiger partial charge on any atom is 0.253 e. The van der Waals surface area contributed by atoms with E-state index in [1.54, 1.807) is 0 Å².